The Balaban J connectivity index is 1.87. The number of aromatic hydroxyl groups is 1. The second kappa shape index (κ2) is 5.87. The summed E-state index contributed by atoms with van der Waals surface area (Å²) in [6.07, 6.45) is 1.37. The Bertz CT molecular complexity index is 909. The van der Waals surface area contributed by atoms with Gasteiger partial charge in [0.25, 0.3) is 5.56 Å². The maximum absolute atomic E-state index is 11.6. The average molecular weight is 336 g/mol. The molecule has 3 aromatic rings. The van der Waals surface area contributed by atoms with Crippen LogP contribution in [0.4, 0.5) is 5.69 Å². The van der Waals surface area contributed by atoms with E-state index in [4.69, 9.17) is 23.2 Å². The zero-order valence-electron chi connectivity index (χ0n) is 11.2. The van der Waals surface area contributed by atoms with Crippen molar-refractivity contribution in [2.24, 2.45) is 0 Å². The van der Waals surface area contributed by atoms with Crippen molar-refractivity contribution < 1.29 is 5.11 Å². The van der Waals surface area contributed by atoms with E-state index >= 15 is 0 Å². The lowest BCUT2D eigenvalue weighted by Gasteiger charge is -2.10. The van der Waals surface area contributed by atoms with Gasteiger partial charge in [-0.2, -0.15) is 0 Å². The number of hydrogen-bond acceptors (Lipinski definition) is 4. The molecule has 0 aliphatic rings. The Morgan fingerprint density at radius 1 is 1.23 bits per heavy atom. The van der Waals surface area contributed by atoms with Crippen LogP contribution in [0.25, 0.3) is 10.9 Å². The van der Waals surface area contributed by atoms with Gasteiger partial charge in [-0.15, -0.1) is 0 Å². The van der Waals surface area contributed by atoms with Gasteiger partial charge >= 0.3 is 0 Å². The number of fused-ring (bicyclic) bond motifs is 1. The van der Waals surface area contributed by atoms with Crippen LogP contribution in [0.3, 0.4) is 0 Å². The van der Waals surface area contributed by atoms with Gasteiger partial charge in [-0.1, -0.05) is 29.3 Å². The van der Waals surface area contributed by atoms with Crippen molar-refractivity contribution >= 4 is 39.8 Å². The van der Waals surface area contributed by atoms with E-state index in [1.807, 2.05) is 6.07 Å². The molecule has 1 heterocycles. The van der Waals surface area contributed by atoms with Gasteiger partial charge in [-0.3, -0.25) is 4.79 Å². The minimum atomic E-state index is -0.177. The first-order chi connectivity index (χ1) is 10.5. The minimum Gasteiger partial charge on any atom is -0.504 e. The Morgan fingerprint density at radius 2 is 2.05 bits per heavy atom. The second-order valence-corrected chi connectivity index (χ2v) is 5.56. The Hall–Kier alpha value is -2.24. The molecule has 0 amide bonds. The molecule has 0 unspecified atom stereocenters. The molecule has 0 aliphatic heterocycles. The molecular formula is C15H11Cl2N3O2. The van der Waals surface area contributed by atoms with Crippen molar-refractivity contribution in [3.63, 3.8) is 0 Å². The van der Waals surface area contributed by atoms with Crippen LogP contribution in [0.5, 0.6) is 5.75 Å². The number of nitrogens with zero attached hydrogens (tertiary/aromatic N) is 1. The highest BCUT2D eigenvalue weighted by Crippen LogP contribution is 2.35. The fourth-order valence-corrected chi connectivity index (χ4v) is 2.62. The van der Waals surface area contributed by atoms with Gasteiger partial charge in [0, 0.05) is 11.6 Å². The molecule has 0 spiro atoms. The van der Waals surface area contributed by atoms with E-state index in [1.165, 1.54) is 12.4 Å². The van der Waals surface area contributed by atoms with E-state index in [-0.39, 0.29) is 16.3 Å². The number of hydrogen-bond donors (Lipinski definition) is 3. The minimum absolute atomic E-state index is 0.0542. The predicted molar refractivity (Wildman–Crippen MR) is 87.8 cm³/mol. The molecule has 1 aromatic heterocycles. The number of phenols is 1. The summed E-state index contributed by atoms with van der Waals surface area (Å²) in [5.41, 5.74) is 1.78. The van der Waals surface area contributed by atoms with Crippen LogP contribution in [0.15, 0.2) is 41.5 Å². The van der Waals surface area contributed by atoms with Crippen LogP contribution in [-0.4, -0.2) is 15.1 Å². The molecule has 0 atom stereocenters. The molecule has 0 fully saturated rings. The molecule has 0 radical (unpaired) electrons. The maximum atomic E-state index is 11.6. The van der Waals surface area contributed by atoms with E-state index in [1.54, 1.807) is 18.2 Å². The zero-order valence-corrected chi connectivity index (χ0v) is 12.7. The van der Waals surface area contributed by atoms with E-state index in [0.717, 1.165) is 5.56 Å². The summed E-state index contributed by atoms with van der Waals surface area (Å²) in [7, 11) is 0. The molecular weight excluding hydrogens is 325 g/mol. The molecule has 2 aromatic carbocycles. The molecule has 3 rings (SSSR count). The summed E-state index contributed by atoms with van der Waals surface area (Å²) >= 11 is 11.8. The predicted octanol–water partition coefficient (Wildman–Crippen LogP) is 3.55. The summed E-state index contributed by atoms with van der Waals surface area (Å²) in [6, 6.07) is 8.39. The summed E-state index contributed by atoms with van der Waals surface area (Å²) < 4.78 is 0. The summed E-state index contributed by atoms with van der Waals surface area (Å²) in [6.45, 7) is 0.425. The first-order valence-corrected chi connectivity index (χ1v) is 7.18. The van der Waals surface area contributed by atoms with Gasteiger partial charge in [-0.05, 0) is 29.8 Å². The SMILES string of the molecule is O=c1[nH]cnc2cc(CNc3cc(Cl)cc(Cl)c3O)ccc12. The van der Waals surface area contributed by atoms with Gasteiger partial charge in [0.15, 0.2) is 5.75 Å². The molecule has 22 heavy (non-hydrogen) atoms. The third-order valence-electron chi connectivity index (χ3n) is 3.22. The Morgan fingerprint density at radius 3 is 2.86 bits per heavy atom. The van der Waals surface area contributed by atoms with Gasteiger partial charge in [0.2, 0.25) is 0 Å². The topological polar surface area (TPSA) is 78.0 Å². The highest BCUT2D eigenvalue weighted by atomic mass is 35.5. The second-order valence-electron chi connectivity index (χ2n) is 4.72. The number of aromatic amines is 1. The fourth-order valence-electron chi connectivity index (χ4n) is 2.12. The quantitative estimate of drug-likeness (QED) is 0.639. The van der Waals surface area contributed by atoms with Crippen LogP contribution in [-0.2, 0) is 6.54 Å². The number of phenolic OH excluding ortho intramolecular Hbond substituents is 1. The third-order valence-corrected chi connectivity index (χ3v) is 3.72. The fraction of sp³-hybridized carbons (Fsp3) is 0.0667. The lowest BCUT2D eigenvalue weighted by Crippen LogP contribution is -2.07. The Labute approximate surface area is 135 Å². The van der Waals surface area contributed by atoms with Crippen molar-refractivity contribution in [2.45, 2.75) is 6.54 Å². The van der Waals surface area contributed by atoms with Crippen LogP contribution in [0.2, 0.25) is 10.0 Å². The summed E-state index contributed by atoms with van der Waals surface area (Å²) in [5, 5.41) is 14.1. The highest BCUT2D eigenvalue weighted by molar-refractivity contribution is 6.36. The number of benzene rings is 2. The molecule has 0 bridgehead atoms. The number of aromatic nitrogens is 2. The number of anilines is 1. The molecule has 5 nitrogen and oxygen atoms in total. The van der Waals surface area contributed by atoms with Crippen LogP contribution in [0.1, 0.15) is 5.56 Å². The zero-order chi connectivity index (χ0) is 15.7. The normalized spacial score (nSPS) is 10.8. The smallest absolute Gasteiger partial charge is 0.258 e. The standard InChI is InChI=1S/C15H11Cl2N3O2/c16-9-4-11(17)14(21)13(5-9)18-6-8-1-2-10-12(3-8)19-7-20-15(10)22/h1-5,7,18,21H,6H2,(H,19,20,22). The van der Waals surface area contributed by atoms with Gasteiger partial charge in [-0.25, -0.2) is 4.98 Å². The molecule has 0 aliphatic carbocycles. The van der Waals surface area contributed by atoms with Crippen LogP contribution >= 0.6 is 23.2 Å². The van der Waals surface area contributed by atoms with Crippen LogP contribution in [0, 0.1) is 0 Å². The lowest BCUT2D eigenvalue weighted by molar-refractivity contribution is 0.477. The largest absolute Gasteiger partial charge is 0.504 e. The molecule has 3 N–H and O–H groups in total. The third kappa shape index (κ3) is 2.86. The number of H-pyrrole nitrogens is 1. The lowest BCUT2D eigenvalue weighted by atomic mass is 10.1. The van der Waals surface area contributed by atoms with Gasteiger partial charge < -0.3 is 15.4 Å². The van der Waals surface area contributed by atoms with E-state index < -0.39 is 0 Å². The van der Waals surface area contributed by atoms with Crippen LogP contribution < -0.4 is 10.9 Å². The molecule has 112 valence electrons. The number of nitrogens with one attached hydrogen (secondary N) is 2. The van der Waals surface area contributed by atoms with Crippen molar-refractivity contribution in [3.8, 4) is 5.75 Å². The molecule has 7 heteroatoms. The van der Waals surface area contributed by atoms with E-state index in [2.05, 4.69) is 15.3 Å². The maximum Gasteiger partial charge on any atom is 0.258 e. The van der Waals surface area contributed by atoms with Crippen molar-refractivity contribution in [3.05, 3.63) is 62.6 Å². The average Bonchev–Trinajstić information content (AvgIpc) is 2.49. The van der Waals surface area contributed by atoms with E-state index in [9.17, 15) is 9.90 Å². The van der Waals surface area contributed by atoms with Gasteiger partial charge in [0.05, 0.1) is 27.9 Å². The highest BCUT2D eigenvalue weighted by Gasteiger charge is 2.08. The molecule has 0 saturated heterocycles. The first kappa shape index (κ1) is 14.7. The summed E-state index contributed by atoms with van der Waals surface area (Å²) in [5.74, 6) is -0.0542. The summed E-state index contributed by atoms with van der Waals surface area (Å²) in [4.78, 5) is 18.3. The van der Waals surface area contributed by atoms with Crippen molar-refractivity contribution in [1.29, 1.82) is 0 Å². The number of halogens is 2. The van der Waals surface area contributed by atoms with Gasteiger partial charge in [0.1, 0.15) is 0 Å². The first-order valence-electron chi connectivity index (χ1n) is 6.43. The van der Waals surface area contributed by atoms with Crippen molar-refractivity contribution in [2.75, 3.05) is 5.32 Å². The Kier molecular flexibility index (Phi) is 3.92. The number of rotatable bonds is 3. The monoisotopic (exact) mass is 335 g/mol. The van der Waals surface area contributed by atoms with E-state index in [0.29, 0.717) is 28.2 Å². The van der Waals surface area contributed by atoms with Crippen molar-refractivity contribution in [1.82, 2.24) is 9.97 Å². The molecule has 0 saturated carbocycles.